The van der Waals surface area contributed by atoms with Gasteiger partial charge < -0.3 is 10.2 Å². The van der Waals surface area contributed by atoms with Gasteiger partial charge in [-0.3, -0.25) is 9.59 Å². The molecule has 20 heavy (non-hydrogen) atoms. The molecule has 2 aliphatic carbocycles. The van der Waals surface area contributed by atoms with Crippen LogP contribution in [0.15, 0.2) is 0 Å². The molecule has 2 fully saturated rings. The van der Waals surface area contributed by atoms with Crippen molar-refractivity contribution in [2.45, 2.75) is 78.1 Å². The highest BCUT2D eigenvalue weighted by atomic mass is 16.4. The predicted molar refractivity (Wildman–Crippen MR) is 77.7 cm³/mol. The molecule has 0 amide bonds. The lowest BCUT2D eigenvalue weighted by atomic mass is 9.57. The van der Waals surface area contributed by atoms with Crippen LogP contribution in [0.5, 0.6) is 0 Å². The molecular formula is C16H28O4. The van der Waals surface area contributed by atoms with Crippen molar-refractivity contribution in [1.82, 2.24) is 0 Å². The van der Waals surface area contributed by atoms with E-state index >= 15 is 0 Å². The fourth-order valence-corrected chi connectivity index (χ4v) is 3.45. The van der Waals surface area contributed by atoms with Crippen LogP contribution in [0.4, 0.5) is 0 Å². The van der Waals surface area contributed by atoms with Gasteiger partial charge in [-0.15, -0.1) is 0 Å². The maximum atomic E-state index is 11.2. The molecule has 0 spiro atoms. The monoisotopic (exact) mass is 284 g/mol. The zero-order chi connectivity index (χ0) is 15.2. The zero-order valence-corrected chi connectivity index (χ0v) is 12.8. The third-order valence-corrected chi connectivity index (χ3v) is 4.99. The molecular weight excluding hydrogens is 256 g/mol. The SMILES string of the molecule is C1CCCCC1.CC1(C)CCCCC1(C(=O)O)C(=O)O. The smallest absolute Gasteiger partial charge is 0.321 e. The van der Waals surface area contributed by atoms with Crippen molar-refractivity contribution in [3.8, 4) is 0 Å². The molecule has 4 heteroatoms. The standard InChI is InChI=1S/C10H16O4.C6H12/c1-9(2)5-3-4-6-10(9,7(11)12)8(13)14;1-2-4-6-5-3-1/h3-6H2,1-2H3,(H,11,12)(H,13,14);1-6H2. The van der Waals surface area contributed by atoms with Crippen LogP contribution in [-0.4, -0.2) is 22.2 Å². The second kappa shape index (κ2) is 7.09. The lowest BCUT2D eigenvalue weighted by Crippen LogP contribution is -2.52. The lowest BCUT2D eigenvalue weighted by Gasteiger charge is -2.43. The highest BCUT2D eigenvalue weighted by Gasteiger charge is 2.58. The van der Waals surface area contributed by atoms with Crippen molar-refractivity contribution >= 4 is 11.9 Å². The Kier molecular flexibility index (Phi) is 6.03. The lowest BCUT2D eigenvalue weighted by molar-refractivity contribution is -0.178. The second-order valence-corrected chi connectivity index (χ2v) is 6.73. The van der Waals surface area contributed by atoms with Crippen molar-refractivity contribution < 1.29 is 19.8 Å². The van der Waals surface area contributed by atoms with Gasteiger partial charge in [0.2, 0.25) is 0 Å². The Morgan fingerprint density at radius 1 is 0.700 bits per heavy atom. The molecule has 0 heterocycles. The normalized spacial score (nSPS) is 24.1. The molecule has 116 valence electrons. The minimum absolute atomic E-state index is 0.241. The topological polar surface area (TPSA) is 74.6 Å². The minimum Gasteiger partial charge on any atom is -0.480 e. The molecule has 0 radical (unpaired) electrons. The van der Waals surface area contributed by atoms with Gasteiger partial charge >= 0.3 is 11.9 Å². The first-order chi connectivity index (χ1) is 9.34. The Morgan fingerprint density at radius 2 is 1.05 bits per heavy atom. The number of hydrogen-bond acceptors (Lipinski definition) is 2. The number of rotatable bonds is 2. The van der Waals surface area contributed by atoms with Crippen LogP contribution >= 0.6 is 0 Å². The highest BCUT2D eigenvalue weighted by molar-refractivity contribution is 5.99. The van der Waals surface area contributed by atoms with E-state index in [4.69, 9.17) is 10.2 Å². The minimum atomic E-state index is -1.59. The van der Waals surface area contributed by atoms with Gasteiger partial charge in [0, 0.05) is 0 Å². The van der Waals surface area contributed by atoms with Crippen molar-refractivity contribution in [2.24, 2.45) is 10.8 Å². The summed E-state index contributed by atoms with van der Waals surface area (Å²) in [5.74, 6) is -2.40. The van der Waals surface area contributed by atoms with Crippen LogP contribution in [0.3, 0.4) is 0 Å². The third kappa shape index (κ3) is 3.53. The van der Waals surface area contributed by atoms with Gasteiger partial charge in [-0.2, -0.15) is 0 Å². The zero-order valence-electron chi connectivity index (χ0n) is 12.8. The molecule has 2 N–H and O–H groups in total. The fourth-order valence-electron chi connectivity index (χ4n) is 3.45. The molecule has 0 aromatic heterocycles. The van der Waals surface area contributed by atoms with Crippen molar-refractivity contribution in [3.05, 3.63) is 0 Å². The molecule has 0 aromatic carbocycles. The van der Waals surface area contributed by atoms with E-state index in [9.17, 15) is 9.59 Å². The van der Waals surface area contributed by atoms with Crippen molar-refractivity contribution in [2.75, 3.05) is 0 Å². The summed E-state index contributed by atoms with van der Waals surface area (Å²) in [6.07, 6.45) is 11.5. The molecule has 0 unspecified atom stereocenters. The summed E-state index contributed by atoms with van der Waals surface area (Å²) in [6.45, 7) is 3.46. The first-order valence-corrected chi connectivity index (χ1v) is 7.81. The maximum Gasteiger partial charge on any atom is 0.321 e. The first-order valence-electron chi connectivity index (χ1n) is 7.81. The third-order valence-electron chi connectivity index (χ3n) is 4.99. The molecule has 0 saturated heterocycles. The molecule has 0 atom stereocenters. The van der Waals surface area contributed by atoms with E-state index in [-0.39, 0.29) is 6.42 Å². The van der Waals surface area contributed by atoms with Crippen molar-refractivity contribution in [3.63, 3.8) is 0 Å². The van der Waals surface area contributed by atoms with Gasteiger partial charge in [-0.25, -0.2) is 0 Å². The summed E-state index contributed by atoms with van der Waals surface area (Å²) >= 11 is 0. The van der Waals surface area contributed by atoms with Gasteiger partial charge in [-0.05, 0) is 18.3 Å². The summed E-state index contributed by atoms with van der Waals surface area (Å²) in [7, 11) is 0. The average molecular weight is 284 g/mol. The van der Waals surface area contributed by atoms with Crippen LogP contribution in [0.1, 0.15) is 78.1 Å². The maximum absolute atomic E-state index is 11.2. The van der Waals surface area contributed by atoms with Crippen LogP contribution in [-0.2, 0) is 9.59 Å². The molecule has 2 rings (SSSR count). The fraction of sp³-hybridized carbons (Fsp3) is 0.875. The van der Waals surface area contributed by atoms with E-state index in [0.29, 0.717) is 12.8 Å². The number of aliphatic carboxylic acids is 2. The van der Waals surface area contributed by atoms with Gasteiger partial charge in [0.1, 0.15) is 0 Å². The number of carboxylic acid groups (broad SMARTS) is 2. The number of carbonyl (C=O) groups is 2. The Labute approximate surface area is 121 Å². The highest BCUT2D eigenvalue weighted by Crippen LogP contribution is 2.50. The van der Waals surface area contributed by atoms with Gasteiger partial charge in [0.15, 0.2) is 5.41 Å². The van der Waals surface area contributed by atoms with E-state index < -0.39 is 22.8 Å². The Morgan fingerprint density at radius 3 is 1.30 bits per heavy atom. The Bertz CT molecular complexity index is 317. The molecule has 4 nitrogen and oxygen atoms in total. The summed E-state index contributed by atoms with van der Waals surface area (Å²) in [5, 5.41) is 18.2. The predicted octanol–water partition coefficient (Wildman–Crippen LogP) is 4.08. The Balaban J connectivity index is 0.000000276. The molecule has 0 aromatic rings. The number of carboxylic acids is 2. The van der Waals surface area contributed by atoms with E-state index in [0.717, 1.165) is 6.42 Å². The molecule has 0 bridgehead atoms. The van der Waals surface area contributed by atoms with Crippen LogP contribution in [0.25, 0.3) is 0 Å². The quantitative estimate of drug-likeness (QED) is 0.749. The van der Waals surface area contributed by atoms with Crippen LogP contribution < -0.4 is 0 Å². The number of hydrogen-bond donors (Lipinski definition) is 2. The summed E-state index contributed by atoms with van der Waals surface area (Å²) in [6, 6.07) is 0. The van der Waals surface area contributed by atoms with E-state index in [1.54, 1.807) is 13.8 Å². The van der Waals surface area contributed by atoms with Gasteiger partial charge in [-0.1, -0.05) is 65.2 Å². The van der Waals surface area contributed by atoms with Crippen LogP contribution in [0.2, 0.25) is 0 Å². The molecule has 2 aliphatic rings. The summed E-state index contributed by atoms with van der Waals surface area (Å²) in [5.41, 5.74) is -2.26. The molecule has 2 saturated carbocycles. The van der Waals surface area contributed by atoms with Crippen molar-refractivity contribution in [1.29, 1.82) is 0 Å². The second-order valence-electron chi connectivity index (χ2n) is 6.73. The van der Waals surface area contributed by atoms with E-state index in [1.807, 2.05) is 0 Å². The van der Waals surface area contributed by atoms with Crippen LogP contribution in [0, 0.1) is 10.8 Å². The first kappa shape index (κ1) is 17.0. The Hall–Kier alpha value is -1.06. The molecule has 0 aliphatic heterocycles. The van der Waals surface area contributed by atoms with E-state index in [1.165, 1.54) is 38.5 Å². The summed E-state index contributed by atoms with van der Waals surface area (Å²) < 4.78 is 0. The summed E-state index contributed by atoms with van der Waals surface area (Å²) in [4.78, 5) is 22.3. The van der Waals surface area contributed by atoms with Gasteiger partial charge in [0.25, 0.3) is 0 Å². The van der Waals surface area contributed by atoms with Gasteiger partial charge in [0.05, 0.1) is 0 Å². The largest absolute Gasteiger partial charge is 0.480 e. The average Bonchev–Trinajstić information content (AvgIpc) is 2.40. The van der Waals surface area contributed by atoms with E-state index in [2.05, 4.69) is 0 Å².